The Balaban J connectivity index is 2.00. The number of hydrogen-bond donors (Lipinski definition) is 1. The molecule has 0 atom stereocenters. The molecule has 0 bridgehead atoms. The Labute approximate surface area is 114 Å². The van der Waals surface area contributed by atoms with Gasteiger partial charge in [0.1, 0.15) is 0 Å². The molecule has 2 fully saturated rings. The fourth-order valence-corrected chi connectivity index (χ4v) is 3.20. The van der Waals surface area contributed by atoms with E-state index >= 15 is 0 Å². The Hall–Kier alpha value is -0.710. The van der Waals surface area contributed by atoms with E-state index in [1.54, 1.807) is 9.80 Å². The molecule has 0 aromatic carbocycles. The fraction of sp³-hybridized carbons (Fsp3) is 0.846. The van der Waals surface area contributed by atoms with Crippen molar-refractivity contribution < 1.29 is 9.59 Å². The van der Waals surface area contributed by atoms with Gasteiger partial charge in [0.05, 0.1) is 0 Å². The van der Waals surface area contributed by atoms with Crippen LogP contribution in [0.3, 0.4) is 0 Å². The number of amides is 2. The molecular weight excluding hydrogens is 248 g/mol. The summed E-state index contributed by atoms with van der Waals surface area (Å²) in [5, 5.41) is 0. The van der Waals surface area contributed by atoms with Crippen molar-refractivity contribution in [1.29, 1.82) is 0 Å². The van der Waals surface area contributed by atoms with Crippen LogP contribution >= 0.6 is 12.6 Å². The lowest BCUT2D eigenvalue weighted by Gasteiger charge is -2.46. The van der Waals surface area contributed by atoms with Gasteiger partial charge in [-0.25, -0.2) is 0 Å². The van der Waals surface area contributed by atoms with Crippen molar-refractivity contribution in [2.24, 2.45) is 5.41 Å². The molecular formula is C13H22N2O2S. The van der Waals surface area contributed by atoms with E-state index in [0.29, 0.717) is 19.6 Å². The number of carbonyl (C=O) groups excluding carboxylic acids is 2. The van der Waals surface area contributed by atoms with Gasteiger partial charge in [0.25, 0.3) is 0 Å². The number of hydrogen-bond acceptors (Lipinski definition) is 3. The molecule has 0 aromatic heterocycles. The second-order valence-electron chi connectivity index (χ2n) is 5.83. The molecule has 2 rings (SSSR count). The van der Waals surface area contributed by atoms with E-state index < -0.39 is 0 Å². The molecule has 1 aliphatic heterocycles. The van der Waals surface area contributed by atoms with Gasteiger partial charge in [0.15, 0.2) is 0 Å². The molecule has 0 spiro atoms. The first-order valence-electron chi connectivity index (χ1n) is 6.70. The Morgan fingerprint density at radius 2 is 1.89 bits per heavy atom. The summed E-state index contributed by atoms with van der Waals surface area (Å²) in [5.41, 5.74) is 0.166. The van der Waals surface area contributed by atoms with Gasteiger partial charge in [-0.1, -0.05) is 6.42 Å². The highest BCUT2D eigenvalue weighted by Gasteiger charge is 2.42. The largest absolute Gasteiger partial charge is 0.332 e. The van der Waals surface area contributed by atoms with Crippen LogP contribution in [0.5, 0.6) is 0 Å². The van der Waals surface area contributed by atoms with Gasteiger partial charge in [-0.2, -0.15) is 12.6 Å². The summed E-state index contributed by atoms with van der Waals surface area (Å²) < 4.78 is 0. The molecule has 0 aromatic rings. The zero-order valence-corrected chi connectivity index (χ0v) is 12.1. The maximum absolute atomic E-state index is 12.1. The van der Waals surface area contributed by atoms with Crippen molar-refractivity contribution in [2.45, 2.75) is 39.2 Å². The third kappa shape index (κ3) is 2.37. The van der Waals surface area contributed by atoms with E-state index in [0.717, 1.165) is 18.6 Å². The fourth-order valence-electron chi connectivity index (χ4n) is 2.78. The monoisotopic (exact) mass is 270 g/mol. The first-order chi connectivity index (χ1) is 8.49. The zero-order chi connectivity index (χ0) is 13.3. The molecule has 0 unspecified atom stereocenters. The van der Waals surface area contributed by atoms with Crippen molar-refractivity contribution in [2.75, 3.05) is 25.4 Å². The zero-order valence-electron chi connectivity index (χ0n) is 11.2. The third-order valence-corrected chi connectivity index (χ3v) is 4.91. The van der Waals surface area contributed by atoms with Crippen LogP contribution in [0.1, 0.15) is 33.1 Å². The quantitative estimate of drug-likeness (QED) is 0.615. The molecule has 4 nitrogen and oxygen atoms in total. The maximum Gasteiger partial charge on any atom is 0.312 e. The summed E-state index contributed by atoms with van der Waals surface area (Å²) in [4.78, 5) is 27.4. The van der Waals surface area contributed by atoms with E-state index in [2.05, 4.69) is 12.6 Å². The first-order valence-corrected chi connectivity index (χ1v) is 7.33. The maximum atomic E-state index is 12.1. The van der Waals surface area contributed by atoms with Crippen LogP contribution in [-0.2, 0) is 9.59 Å². The van der Waals surface area contributed by atoms with E-state index in [-0.39, 0.29) is 23.3 Å². The van der Waals surface area contributed by atoms with Crippen LogP contribution in [0, 0.1) is 5.41 Å². The van der Waals surface area contributed by atoms with E-state index in [4.69, 9.17) is 0 Å². The molecule has 18 heavy (non-hydrogen) atoms. The van der Waals surface area contributed by atoms with Crippen LogP contribution in [0.15, 0.2) is 0 Å². The Morgan fingerprint density at radius 3 is 2.33 bits per heavy atom. The summed E-state index contributed by atoms with van der Waals surface area (Å²) in [7, 11) is 0. The molecule has 0 N–H and O–H groups in total. The SMILES string of the molecule is CC(C)N1CCN(CC2(CS)CCC2)C(=O)C1=O. The Bertz CT molecular complexity index is 347. The van der Waals surface area contributed by atoms with Crippen molar-refractivity contribution in [3.8, 4) is 0 Å². The lowest BCUT2D eigenvalue weighted by Crippen LogP contribution is -2.59. The van der Waals surface area contributed by atoms with Crippen molar-refractivity contribution in [3.63, 3.8) is 0 Å². The standard InChI is InChI=1S/C13H22N2O2S/c1-10(2)15-7-6-14(11(16)12(15)17)8-13(9-18)4-3-5-13/h10,18H,3-9H2,1-2H3. The summed E-state index contributed by atoms with van der Waals surface area (Å²) in [6, 6.07) is 0.103. The second-order valence-corrected chi connectivity index (χ2v) is 6.15. The summed E-state index contributed by atoms with van der Waals surface area (Å²) in [6.45, 7) is 5.92. The first kappa shape index (κ1) is 13.7. The van der Waals surface area contributed by atoms with Gasteiger partial charge in [-0.3, -0.25) is 9.59 Å². The smallest absolute Gasteiger partial charge is 0.312 e. The number of carbonyl (C=O) groups is 2. The van der Waals surface area contributed by atoms with Gasteiger partial charge in [0, 0.05) is 25.7 Å². The molecule has 2 aliphatic rings. The van der Waals surface area contributed by atoms with Gasteiger partial charge in [-0.15, -0.1) is 0 Å². The lowest BCUT2D eigenvalue weighted by atomic mass is 9.70. The van der Waals surface area contributed by atoms with Gasteiger partial charge < -0.3 is 9.80 Å². The molecule has 2 amide bonds. The van der Waals surface area contributed by atoms with Crippen LogP contribution in [0.4, 0.5) is 0 Å². The van der Waals surface area contributed by atoms with Gasteiger partial charge in [-0.05, 0) is 37.9 Å². The van der Waals surface area contributed by atoms with Crippen molar-refractivity contribution >= 4 is 24.4 Å². The predicted octanol–water partition coefficient (Wildman–Crippen LogP) is 1.17. The van der Waals surface area contributed by atoms with Crippen LogP contribution < -0.4 is 0 Å². The highest BCUT2D eigenvalue weighted by atomic mass is 32.1. The lowest BCUT2D eigenvalue weighted by molar-refractivity contribution is -0.158. The number of rotatable bonds is 4. The summed E-state index contributed by atoms with van der Waals surface area (Å²) >= 11 is 4.40. The minimum atomic E-state index is -0.343. The number of nitrogens with zero attached hydrogens (tertiary/aromatic N) is 2. The van der Waals surface area contributed by atoms with Gasteiger partial charge >= 0.3 is 11.8 Å². The van der Waals surface area contributed by atoms with E-state index in [1.165, 1.54) is 6.42 Å². The molecule has 1 aliphatic carbocycles. The Morgan fingerprint density at radius 1 is 1.22 bits per heavy atom. The number of thiol groups is 1. The normalized spacial score (nSPS) is 23.6. The highest BCUT2D eigenvalue weighted by Crippen LogP contribution is 2.42. The van der Waals surface area contributed by atoms with Gasteiger partial charge in [0.2, 0.25) is 0 Å². The molecule has 5 heteroatoms. The third-order valence-electron chi connectivity index (χ3n) is 4.24. The van der Waals surface area contributed by atoms with Crippen molar-refractivity contribution in [3.05, 3.63) is 0 Å². The topological polar surface area (TPSA) is 40.6 Å². The van der Waals surface area contributed by atoms with Crippen molar-refractivity contribution in [1.82, 2.24) is 9.80 Å². The molecule has 1 saturated heterocycles. The second kappa shape index (κ2) is 5.11. The average molecular weight is 270 g/mol. The Kier molecular flexibility index (Phi) is 3.90. The number of piperazine rings is 1. The minimum absolute atomic E-state index is 0.103. The average Bonchev–Trinajstić information content (AvgIpc) is 2.28. The van der Waals surface area contributed by atoms with Crippen LogP contribution in [-0.4, -0.2) is 53.0 Å². The summed E-state index contributed by atoms with van der Waals surface area (Å²) in [6.07, 6.45) is 3.47. The highest BCUT2D eigenvalue weighted by molar-refractivity contribution is 7.80. The van der Waals surface area contributed by atoms with E-state index in [9.17, 15) is 9.59 Å². The minimum Gasteiger partial charge on any atom is -0.332 e. The van der Waals surface area contributed by atoms with E-state index in [1.807, 2.05) is 13.8 Å². The molecule has 102 valence electrons. The molecule has 1 heterocycles. The molecule has 1 saturated carbocycles. The van der Waals surface area contributed by atoms with Crippen LogP contribution in [0.25, 0.3) is 0 Å². The predicted molar refractivity (Wildman–Crippen MR) is 73.6 cm³/mol. The summed E-state index contributed by atoms with van der Waals surface area (Å²) in [5.74, 6) is 0.131. The van der Waals surface area contributed by atoms with Crippen LogP contribution in [0.2, 0.25) is 0 Å². The molecule has 0 radical (unpaired) electrons.